The van der Waals surface area contributed by atoms with E-state index >= 15 is 0 Å². The van der Waals surface area contributed by atoms with E-state index in [1.165, 1.54) is 0 Å². The van der Waals surface area contributed by atoms with Crippen molar-refractivity contribution in [3.05, 3.63) is 57.6 Å². The van der Waals surface area contributed by atoms with Gasteiger partial charge in [-0.3, -0.25) is 0 Å². The first kappa shape index (κ1) is 16.5. The average Bonchev–Trinajstić information content (AvgIpc) is 3.05. The van der Waals surface area contributed by atoms with Crippen molar-refractivity contribution in [2.45, 2.75) is 12.8 Å². The quantitative estimate of drug-likeness (QED) is 0.586. The predicted octanol–water partition coefficient (Wildman–Crippen LogP) is 3.97. The van der Waals surface area contributed by atoms with Gasteiger partial charge in [-0.15, -0.1) is 0 Å². The number of benzene rings is 2. The van der Waals surface area contributed by atoms with Crippen LogP contribution >= 0.6 is 15.9 Å². The van der Waals surface area contributed by atoms with E-state index in [4.69, 9.17) is 14.3 Å². The molecule has 1 aliphatic carbocycles. The molecule has 2 aromatic carbocycles. The van der Waals surface area contributed by atoms with E-state index in [1.54, 1.807) is 38.5 Å². The summed E-state index contributed by atoms with van der Waals surface area (Å²) in [5.41, 5.74) is 3.10. The van der Waals surface area contributed by atoms with Crippen molar-refractivity contribution in [3.8, 4) is 11.5 Å². The maximum absolute atomic E-state index is 12.2. The molecule has 0 N–H and O–H groups in total. The summed E-state index contributed by atoms with van der Waals surface area (Å²) in [6.07, 6.45) is 1.52. The second-order valence-corrected chi connectivity index (χ2v) is 6.11. The molecular formula is C18H16BrNO4. The summed E-state index contributed by atoms with van der Waals surface area (Å²) in [5, 5.41) is 4.07. The summed E-state index contributed by atoms with van der Waals surface area (Å²) < 4.78 is 11.5. The number of nitrogens with zero attached hydrogens (tertiary/aromatic N) is 1. The molecule has 0 atom stereocenters. The van der Waals surface area contributed by atoms with Gasteiger partial charge in [0.1, 0.15) is 11.5 Å². The van der Waals surface area contributed by atoms with Crippen LogP contribution in [0.4, 0.5) is 0 Å². The Bertz CT molecular complexity index is 817. The molecule has 24 heavy (non-hydrogen) atoms. The van der Waals surface area contributed by atoms with Crippen molar-refractivity contribution >= 4 is 27.6 Å². The lowest BCUT2D eigenvalue weighted by Crippen LogP contribution is -2.05. The molecule has 0 aliphatic heterocycles. The SMILES string of the molecule is COc1cccc(C(=O)O/N=C2\CCc3c(Br)ccc(OC)c32)c1. The van der Waals surface area contributed by atoms with Crippen molar-refractivity contribution in [1.29, 1.82) is 0 Å². The smallest absolute Gasteiger partial charge is 0.365 e. The molecule has 0 fully saturated rings. The van der Waals surface area contributed by atoms with Gasteiger partial charge in [0.25, 0.3) is 0 Å². The number of methoxy groups -OCH3 is 2. The summed E-state index contributed by atoms with van der Waals surface area (Å²) in [7, 11) is 3.16. The molecule has 5 nitrogen and oxygen atoms in total. The number of oxime groups is 1. The fourth-order valence-corrected chi connectivity index (χ4v) is 3.22. The van der Waals surface area contributed by atoms with E-state index in [-0.39, 0.29) is 0 Å². The molecule has 1 aliphatic rings. The van der Waals surface area contributed by atoms with Gasteiger partial charge in [-0.05, 0) is 48.7 Å². The van der Waals surface area contributed by atoms with Crippen LogP contribution in [0.3, 0.4) is 0 Å². The normalized spacial score (nSPS) is 14.4. The van der Waals surface area contributed by atoms with Crippen molar-refractivity contribution in [3.63, 3.8) is 0 Å². The van der Waals surface area contributed by atoms with Gasteiger partial charge in [0.05, 0.1) is 25.5 Å². The molecule has 2 aromatic rings. The van der Waals surface area contributed by atoms with Crippen LogP contribution in [0, 0.1) is 0 Å². The van der Waals surface area contributed by atoms with Crippen LogP contribution in [0.1, 0.15) is 27.9 Å². The second kappa shape index (κ2) is 7.05. The highest BCUT2D eigenvalue weighted by atomic mass is 79.9. The lowest BCUT2D eigenvalue weighted by molar-refractivity contribution is 0.0515. The third kappa shape index (κ3) is 3.14. The summed E-state index contributed by atoms with van der Waals surface area (Å²) in [6.45, 7) is 0. The monoisotopic (exact) mass is 389 g/mol. The minimum absolute atomic E-state index is 0.387. The average molecular weight is 390 g/mol. The van der Waals surface area contributed by atoms with E-state index in [0.29, 0.717) is 23.4 Å². The Hall–Kier alpha value is -2.34. The number of ether oxygens (including phenoxy) is 2. The number of fused-ring (bicyclic) bond motifs is 1. The lowest BCUT2D eigenvalue weighted by Gasteiger charge is -2.09. The Morgan fingerprint density at radius 3 is 2.71 bits per heavy atom. The molecule has 3 rings (SSSR count). The van der Waals surface area contributed by atoms with Crippen molar-refractivity contribution in [2.24, 2.45) is 5.16 Å². The summed E-state index contributed by atoms with van der Waals surface area (Å²) >= 11 is 3.54. The molecule has 0 radical (unpaired) electrons. The largest absolute Gasteiger partial charge is 0.497 e. The fraction of sp³-hybridized carbons (Fsp3) is 0.222. The molecule has 0 spiro atoms. The highest BCUT2D eigenvalue weighted by Gasteiger charge is 2.25. The maximum Gasteiger partial charge on any atom is 0.365 e. The van der Waals surface area contributed by atoms with Gasteiger partial charge in [-0.25, -0.2) is 4.79 Å². The van der Waals surface area contributed by atoms with Gasteiger partial charge in [-0.2, -0.15) is 0 Å². The van der Waals surface area contributed by atoms with Gasteiger partial charge in [0.2, 0.25) is 0 Å². The number of hydrogen-bond acceptors (Lipinski definition) is 5. The highest BCUT2D eigenvalue weighted by molar-refractivity contribution is 9.10. The number of carbonyl (C=O) groups excluding carboxylic acids is 1. The number of halogens is 1. The zero-order valence-electron chi connectivity index (χ0n) is 13.3. The van der Waals surface area contributed by atoms with Crippen molar-refractivity contribution in [1.82, 2.24) is 0 Å². The number of carbonyl (C=O) groups is 1. The van der Waals surface area contributed by atoms with Crippen LogP contribution in [-0.2, 0) is 11.3 Å². The third-order valence-electron chi connectivity index (χ3n) is 3.88. The first-order valence-electron chi connectivity index (χ1n) is 7.42. The van der Waals surface area contributed by atoms with Crippen LogP contribution in [0.5, 0.6) is 11.5 Å². The van der Waals surface area contributed by atoms with Crippen LogP contribution in [-0.4, -0.2) is 25.9 Å². The van der Waals surface area contributed by atoms with E-state index in [9.17, 15) is 4.79 Å². The number of hydrogen-bond donors (Lipinski definition) is 0. The molecule has 0 aromatic heterocycles. The minimum Gasteiger partial charge on any atom is -0.497 e. The molecule has 0 saturated carbocycles. The Balaban J connectivity index is 1.85. The topological polar surface area (TPSA) is 57.1 Å². The minimum atomic E-state index is -0.524. The summed E-state index contributed by atoms with van der Waals surface area (Å²) in [5.74, 6) is 0.791. The van der Waals surface area contributed by atoms with E-state index < -0.39 is 5.97 Å². The summed E-state index contributed by atoms with van der Waals surface area (Å²) in [4.78, 5) is 17.3. The Morgan fingerprint density at radius 2 is 1.96 bits per heavy atom. The van der Waals surface area contributed by atoms with E-state index in [2.05, 4.69) is 21.1 Å². The van der Waals surface area contributed by atoms with E-state index in [0.717, 1.165) is 27.8 Å². The Labute approximate surface area is 148 Å². The standard InChI is InChI=1S/C18H16BrNO4/c1-22-12-5-3-4-11(10-12)18(21)24-20-15-8-6-13-14(19)7-9-16(23-2)17(13)15/h3-5,7,9-10H,6,8H2,1-2H3/b20-15+. The van der Waals surface area contributed by atoms with Crippen LogP contribution in [0.2, 0.25) is 0 Å². The molecule has 0 unspecified atom stereocenters. The van der Waals surface area contributed by atoms with Gasteiger partial charge >= 0.3 is 5.97 Å². The fourth-order valence-electron chi connectivity index (χ4n) is 2.69. The summed E-state index contributed by atoms with van der Waals surface area (Å²) in [6, 6.07) is 10.6. The van der Waals surface area contributed by atoms with Crippen molar-refractivity contribution in [2.75, 3.05) is 14.2 Å². The second-order valence-electron chi connectivity index (χ2n) is 5.25. The van der Waals surface area contributed by atoms with Crippen LogP contribution in [0.25, 0.3) is 0 Å². The van der Waals surface area contributed by atoms with Gasteiger partial charge < -0.3 is 14.3 Å². The first-order chi connectivity index (χ1) is 11.6. The number of rotatable bonds is 4. The van der Waals surface area contributed by atoms with Gasteiger partial charge in [0.15, 0.2) is 0 Å². The molecule has 0 heterocycles. The Morgan fingerprint density at radius 1 is 1.12 bits per heavy atom. The molecule has 124 valence electrons. The highest BCUT2D eigenvalue weighted by Crippen LogP contribution is 2.36. The molecule has 0 saturated heterocycles. The van der Waals surface area contributed by atoms with E-state index in [1.807, 2.05) is 12.1 Å². The van der Waals surface area contributed by atoms with Crippen molar-refractivity contribution < 1.29 is 19.1 Å². The van der Waals surface area contributed by atoms with Gasteiger partial charge in [-0.1, -0.05) is 27.2 Å². The van der Waals surface area contributed by atoms with Crippen LogP contribution in [0.15, 0.2) is 46.0 Å². The molecule has 6 heteroatoms. The third-order valence-corrected chi connectivity index (χ3v) is 4.62. The molecule has 0 amide bonds. The zero-order valence-corrected chi connectivity index (χ0v) is 14.9. The van der Waals surface area contributed by atoms with Crippen LogP contribution < -0.4 is 9.47 Å². The lowest BCUT2D eigenvalue weighted by atomic mass is 10.1. The predicted molar refractivity (Wildman–Crippen MR) is 94.0 cm³/mol. The maximum atomic E-state index is 12.2. The molecule has 0 bridgehead atoms. The Kier molecular flexibility index (Phi) is 4.85. The first-order valence-corrected chi connectivity index (χ1v) is 8.21. The molecular weight excluding hydrogens is 374 g/mol. The zero-order chi connectivity index (χ0) is 17.1. The van der Waals surface area contributed by atoms with Gasteiger partial charge in [0, 0.05) is 10.0 Å².